The number of ketones is 1. The first-order valence-electron chi connectivity index (χ1n) is 6.64. The summed E-state index contributed by atoms with van der Waals surface area (Å²) in [6.07, 6.45) is 0. The molecule has 2 rings (SSSR count). The summed E-state index contributed by atoms with van der Waals surface area (Å²) in [6, 6.07) is 0. The highest BCUT2D eigenvalue weighted by Gasteiger charge is 2.19. The summed E-state index contributed by atoms with van der Waals surface area (Å²) in [7, 11) is 1.56. The molecule has 0 aromatic carbocycles. The number of carbonyl (C=O) groups excluding carboxylic acids is 1. The molecule has 1 saturated heterocycles. The largest absolute Gasteiger partial charge is 0.492 e. The van der Waals surface area contributed by atoms with Gasteiger partial charge >= 0.3 is 0 Å². The Kier molecular flexibility index (Phi) is 5.22. The van der Waals surface area contributed by atoms with E-state index in [-0.39, 0.29) is 5.78 Å². The number of hydrogen-bond acceptors (Lipinski definition) is 7. The molecule has 0 unspecified atom stereocenters. The summed E-state index contributed by atoms with van der Waals surface area (Å²) in [4.78, 5) is 14.4. The Labute approximate surface area is 122 Å². The highest BCUT2D eigenvalue weighted by Crippen LogP contribution is 2.42. The highest BCUT2D eigenvalue weighted by molar-refractivity contribution is 7.19. The Morgan fingerprint density at radius 2 is 2.20 bits per heavy atom. The molecule has 0 spiro atoms. The molecule has 7 heteroatoms. The Hall–Kier alpha value is -1.31. The number of ether oxygens (including phenoxy) is 2. The van der Waals surface area contributed by atoms with Crippen LogP contribution in [0.3, 0.4) is 0 Å². The van der Waals surface area contributed by atoms with Gasteiger partial charge in [0.25, 0.3) is 0 Å². The van der Waals surface area contributed by atoms with E-state index in [1.54, 1.807) is 7.11 Å². The van der Waals surface area contributed by atoms with Crippen molar-refractivity contribution in [2.45, 2.75) is 6.92 Å². The number of carbonyl (C=O) groups is 1. The Morgan fingerprint density at radius 3 is 2.80 bits per heavy atom. The third-order valence-corrected chi connectivity index (χ3v) is 4.49. The number of rotatable bonds is 6. The number of morpholine rings is 1. The van der Waals surface area contributed by atoms with E-state index in [2.05, 4.69) is 10.2 Å². The average molecular weight is 299 g/mol. The van der Waals surface area contributed by atoms with Crippen LogP contribution in [0.25, 0.3) is 0 Å². The SMILES string of the molecule is COc1c(NCCN2CCOCC2)sc(C(C)=O)c1N. The second-order valence-electron chi connectivity index (χ2n) is 4.64. The molecule has 1 aromatic rings. The van der Waals surface area contributed by atoms with E-state index in [4.69, 9.17) is 15.2 Å². The molecule has 0 atom stereocenters. The van der Waals surface area contributed by atoms with Gasteiger partial charge in [0.2, 0.25) is 0 Å². The first-order chi connectivity index (χ1) is 9.63. The molecule has 0 amide bonds. The number of nitrogen functional groups attached to an aromatic ring is 1. The molecule has 6 nitrogen and oxygen atoms in total. The molecule has 0 bridgehead atoms. The highest BCUT2D eigenvalue weighted by atomic mass is 32.1. The van der Waals surface area contributed by atoms with Crippen molar-refractivity contribution in [2.24, 2.45) is 0 Å². The van der Waals surface area contributed by atoms with E-state index in [0.29, 0.717) is 16.3 Å². The summed E-state index contributed by atoms with van der Waals surface area (Å²) in [5.41, 5.74) is 6.36. The van der Waals surface area contributed by atoms with Crippen molar-refractivity contribution in [3.63, 3.8) is 0 Å². The van der Waals surface area contributed by atoms with E-state index >= 15 is 0 Å². The second kappa shape index (κ2) is 6.92. The minimum atomic E-state index is -0.0352. The number of thiophene rings is 1. The van der Waals surface area contributed by atoms with Crippen molar-refractivity contribution < 1.29 is 14.3 Å². The minimum Gasteiger partial charge on any atom is -0.492 e. The Morgan fingerprint density at radius 1 is 1.50 bits per heavy atom. The van der Waals surface area contributed by atoms with Crippen LogP contribution < -0.4 is 15.8 Å². The molecule has 20 heavy (non-hydrogen) atoms. The molecular formula is C13H21N3O3S. The molecule has 0 radical (unpaired) electrons. The quantitative estimate of drug-likeness (QED) is 0.771. The zero-order valence-corrected chi connectivity index (χ0v) is 12.7. The fourth-order valence-corrected chi connectivity index (χ4v) is 3.17. The molecular weight excluding hydrogens is 278 g/mol. The van der Waals surface area contributed by atoms with Crippen molar-refractivity contribution >= 4 is 27.8 Å². The van der Waals surface area contributed by atoms with Gasteiger partial charge in [-0.05, 0) is 0 Å². The van der Waals surface area contributed by atoms with Crippen molar-refractivity contribution in [1.29, 1.82) is 0 Å². The van der Waals surface area contributed by atoms with Crippen molar-refractivity contribution in [3.8, 4) is 5.75 Å². The summed E-state index contributed by atoms with van der Waals surface area (Å²) in [5.74, 6) is 0.536. The fourth-order valence-electron chi connectivity index (χ4n) is 2.16. The van der Waals surface area contributed by atoms with Gasteiger partial charge < -0.3 is 20.5 Å². The van der Waals surface area contributed by atoms with Gasteiger partial charge in [0, 0.05) is 33.1 Å². The van der Waals surface area contributed by atoms with Gasteiger partial charge in [-0.3, -0.25) is 9.69 Å². The molecule has 1 fully saturated rings. The van der Waals surface area contributed by atoms with Crippen LogP contribution in [0.2, 0.25) is 0 Å². The maximum Gasteiger partial charge on any atom is 0.176 e. The van der Waals surface area contributed by atoms with Crippen LogP contribution in [0.4, 0.5) is 10.7 Å². The number of Topliss-reactive ketones (excluding diaryl/α,β-unsaturated/α-hetero) is 1. The number of hydrogen-bond donors (Lipinski definition) is 2. The van der Waals surface area contributed by atoms with Gasteiger partial charge in [-0.2, -0.15) is 0 Å². The van der Waals surface area contributed by atoms with E-state index < -0.39 is 0 Å². The maximum absolute atomic E-state index is 11.5. The lowest BCUT2D eigenvalue weighted by atomic mass is 10.3. The van der Waals surface area contributed by atoms with E-state index in [9.17, 15) is 4.79 Å². The Balaban J connectivity index is 1.94. The predicted molar refractivity (Wildman–Crippen MR) is 81.0 cm³/mol. The standard InChI is InChI=1S/C13H21N3O3S/c1-9(17)12-10(14)11(18-2)13(20-12)15-3-4-16-5-7-19-8-6-16/h15H,3-8,14H2,1-2H3. The Bertz CT molecular complexity index is 470. The number of nitrogens with two attached hydrogens (primary N) is 1. The lowest BCUT2D eigenvalue weighted by Gasteiger charge is -2.26. The number of nitrogens with one attached hydrogen (secondary N) is 1. The topological polar surface area (TPSA) is 76.8 Å². The van der Waals surface area contributed by atoms with Crippen LogP contribution in [-0.2, 0) is 4.74 Å². The summed E-state index contributed by atoms with van der Waals surface area (Å²) < 4.78 is 10.6. The smallest absolute Gasteiger partial charge is 0.176 e. The molecule has 1 aliphatic rings. The number of anilines is 2. The molecule has 0 aliphatic carbocycles. The van der Waals surface area contributed by atoms with Gasteiger partial charge in [-0.25, -0.2) is 0 Å². The van der Waals surface area contributed by atoms with E-state index in [0.717, 1.165) is 44.4 Å². The molecule has 112 valence electrons. The van der Waals surface area contributed by atoms with Gasteiger partial charge in [-0.15, -0.1) is 11.3 Å². The molecule has 1 aromatic heterocycles. The molecule has 0 saturated carbocycles. The molecule has 2 heterocycles. The van der Waals surface area contributed by atoms with Crippen LogP contribution in [0.5, 0.6) is 5.75 Å². The van der Waals surface area contributed by atoms with Gasteiger partial charge in [0.05, 0.1) is 30.9 Å². The maximum atomic E-state index is 11.5. The van der Waals surface area contributed by atoms with Crippen LogP contribution >= 0.6 is 11.3 Å². The lowest BCUT2D eigenvalue weighted by molar-refractivity contribution is 0.0398. The number of nitrogens with zero attached hydrogens (tertiary/aromatic N) is 1. The van der Waals surface area contributed by atoms with E-state index in [1.165, 1.54) is 18.3 Å². The first-order valence-corrected chi connectivity index (χ1v) is 7.46. The normalized spacial score (nSPS) is 16.1. The van der Waals surface area contributed by atoms with Gasteiger partial charge in [0.1, 0.15) is 5.00 Å². The van der Waals surface area contributed by atoms with Crippen molar-refractivity contribution in [3.05, 3.63) is 4.88 Å². The monoisotopic (exact) mass is 299 g/mol. The fraction of sp³-hybridized carbons (Fsp3) is 0.615. The van der Waals surface area contributed by atoms with Crippen LogP contribution in [-0.4, -0.2) is 57.2 Å². The van der Waals surface area contributed by atoms with Crippen molar-refractivity contribution in [2.75, 3.05) is 57.6 Å². The molecule has 1 aliphatic heterocycles. The van der Waals surface area contributed by atoms with Crippen LogP contribution in [0, 0.1) is 0 Å². The van der Waals surface area contributed by atoms with E-state index in [1.807, 2.05) is 0 Å². The average Bonchev–Trinajstić information content (AvgIpc) is 2.76. The van der Waals surface area contributed by atoms with Gasteiger partial charge in [0.15, 0.2) is 11.5 Å². The summed E-state index contributed by atoms with van der Waals surface area (Å²) in [6.45, 7) is 6.74. The number of methoxy groups -OCH3 is 1. The zero-order chi connectivity index (χ0) is 14.5. The second-order valence-corrected chi connectivity index (χ2v) is 5.66. The zero-order valence-electron chi connectivity index (χ0n) is 11.9. The van der Waals surface area contributed by atoms with Crippen LogP contribution in [0.1, 0.15) is 16.6 Å². The third kappa shape index (κ3) is 3.41. The molecule has 3 N–H and O–H groups in total. The predicted octanol–water partition coefficient (Wildman–Crippen LogP) is 1.29. The van der Waals surface area contributed by atoms with Gasteiger partial charge in [-0.1, -0.05) is 0 Å². The summed E-state index contributed by atoms with van der Waals surface area (Å²) >= 11 is 1.35. The first kappa shape index (κ1) is 15.1. The van der Waals surface area contributed by atoms with Crippen molar-refractivity contribution in [1.82, 2.24) is 4.90 Å². The lowest BCUT2D eigenvalue weighted by Crippen LogP contribution is -2.38. The summed E-state index contributed by atoms with van der Waals surface area (Å²) in [5, 5.41) is 4.13. The van der Waals surface area contributed by atoms with Crippen LogP contribution in [0.15, 0.2) is 0 Å². The third-order valence-electron chi connectivity index (χ3n) is 3.24. The minimum absolute atomic E-state index is 0.0352.